The van der Waals surface area contributed by atoms with Crippen molar-refractivity contribution >= 4 is 16.9 Å². The van der Waals surface area contributed by atoms with E-state index < -0.39 is 0 Å². The quantitative estimate of drug-likeness (QED) is 0.534. The Hall–Kier alpha value is -3.80. The predicted octanol–water partition coefficient (Wildman–Crippen LogP) is 4.58. The van der Waals surface area contributed by atoms with E-state index in [1.165, 1.54) is 0 Å². The molecule has 1 N–H and O–H groups in total. The molecule has 0 spiro atoms. The van der Waals surface area contributed by atoms with Gasteiger partial charge >= 0.3 is 0 Å². The first-order valence-electron chi connectivity index (χ1n) is 10.3. The van der Waals surface area contributed by atoms with Gasteiger partial charge in [-0.3, -0.25) is 4.79 Å². The predicted molar refractivity (Wildman–Crippen MR) is 119 cm³/mol. The minimum Gasteiger partial charge on any atom is -0.497 e. The van der Waals surface area contributed by atoms with E-state index in [-0.39, 0.29) is 5.91 Å². The van der Waals surface area contributed by atoms with Gasteiger partial charge in [-0.25, -0.2) is 4.98 Å². The Kier molecular flexibility index (Phi) is 4.82. The summed E-state index contributed by atoms with van der Waals surface area (Å²) in [4.78, 5) is 22.7. The zero-order valence-corrected chi connectivity index (χ0v) is 17.5. The van der Waals surface area contributed by atoms with Crippen molar-refractivity contribution in [3.63, 3.8) is 0 Å². The molecule has 0 saturated carbocycles. The van der Waals surface area contributed by atoms with Crippen LogP contribution in [0.5, 0.6) is 11.5 Å². The molecule has 0 aliphatic carbocycles. The van der Waals surface area contributed by atoms with Gasteiger partial charge in [-0.15, -0.1) is 0 Å². The Bertz CT molecular complexity index is 1260. The molecule has 1 aliphatic rings. The van der Waals surface area contributed by atoms with Crippen molar-refractivity contribution in [3.05, 3.63) is 77.6 Å². The van der Waals surface area contributed by atoms with Crippen molar-refractivity contribution < 1.29 is 14.3 Å². The number of benzene rings is 3. The smallest absolute Gasteiger partial charge is 0.254 e. The second-order valence-corrected chi connectivity index (χ2v) is 7.68. The second kappa shape index (κ2) is 7.80. The molecule has 1 aromatic heterocycles. The molecule has 3 aromatic carbocycles. The van der Waals surface area contributed by atoms with Crippen LogP contribution in [0.1, 0.15) is 21.7 Å². The standard InChI is InChI=1S/C25H23N3O3/c1-16-26-22-9-5-19(14-23(22)27-16)18-6-10-24-20(13-18)15-28(11-12-31-24)25(29)17-3-7-21(30-2)8-4-17/h3-10,13-14H,11-12,15H2,1-2H3,(H,26,27). The van der Waals surface area contributed by atoms with Gasteiger partial charge in [0.2, 0.25) is 0 Å². The number of hydrogen-bond donors (Lipinski definition) is 1. The topological polar surface area (TPSA) is 67.4 Å². The minimum absolute atomic E-state index is 0.0149. The van der Waals surface area contributed by atoms with Crippen LogP contribution in [0.2, 0.25) is 0 Å². The number of methoxy groups -OCH3 is 1. The van der Waals surface area contributed by atoms with Crippen molar-refractivity contribution in [2.45, 2.75) is 13.5 Å². The lowest BCUT2D eigenvalue weighted by Crippen LogP contribution is -2.32. The second-order valence-electron chi connectivity index (χ2n) is 7.68. The van der Waals surface area contributed by atoms with E-state index >= 15 is 0 Å². The number of fused-ring (bicyclic) bond motifs is 2. The highest BCUT2D eigenvalue weighted by Gasteiger charge is 2.21. The van der Waals surface area contributed by atoms with Gasteiger partial charge in [-0.05, 0) is 66.6 Å². The fraction of sp³-hybridized carbons (Fsp3) is 0.200. The van der Waals surface area contributed by atoms with Crippen LogP contribution in [0.3, 0.4) is 0 Å². The van der Waals surface area contributed by atoms with E-state index in [4.69, 9.17) is 9.47 Å². The summed E-state index contributed by atoms with van der Waals surface area (Å²) in [5.41, 5.74) is 5.78. The molecular weight excluding hydrogens is 390 g/mol. The van der Waals surface area contributed by atoms with Crippen molar-refractivity contribution in [1.29, 1.82) is 0 Å². The molecule has 0 fully saturated rings. The van der Waals surface area contributed by atoms with Crippen molar-refractivity contribution in [2.75, 3.05) is 20.3 Å². The van der Waals surface area contributed by atoms with Crippen molar-refractivity contribution in [1.82, 2.24) is 14.9 Å². The third-order valence-electron chi connectivity index (χ3n) is 5.60. The number of rotatable bonds is 3. The zero-order chi connectivity index (χ0) is 21.4. The molecule has 1 aliphatic heterocycles. The third kappa shape index (κ3) is 3.72. The Morgan fingerprint density at radius 1 is 1.06 bits per heavy atom. The number of hydrogen-bond acceptors (Lipinski definition) is 4. The normalized spacial score (nSPS) is 13.4. The third-order valence-corrected chi connectivity index (χ3v) is 5.60. The van der Waals surface area contributed by atoms with Gasteiger partial charge in [0.15, 0.2) is 0 Å². The average molecular weight is 413 g/mol. The number of ether oxygens (including phenoxy) is 2. The number of nitrogens with zero attached hydrogens (tertiary/aromatic N) is 2. The van der Waals surface area contributed by atoms with Crippen molar-refractivity contribution in [2.24, 2.45) is 0 Å². The maximum Gasteiger partial charge on any atom is 0.254 e. The van der Waals surface area contributed by atoms with Crippen LogP contribution < -0.4 is 9.47 Å². The van der Waals surface area contributed by atoms with E-state index in [0.717, 1.165) is 45.0 Å². The van der Waals surface area contributed by atoms with Gasteiger partial charge in [0.25, 0.3) is 5.91 Å². The molecule has 6 nitrogen and oxygen atoms in total. The summed E-state index contributed by atoms with van der Waals surface area (Å²) in [5, 5.41) is 0. The number of imidazole rings is 1. The minimum atomic E-state index is -0.0149. The first-order chi connectivity index (χ1) is 15.1. The summed E-state index contributed by atoms with van der Waals surface area (Å²) in [5.74, 6) is 2.44. The molecule has 0 bridgehead atoms. The SMILES string of the molecule is COc1ccc(C(=O)N2CCOc3ccc(-c4ccc5nc(C)[nH]c5c4)cc3C2)cc1. The highest BCUT2D eigenvalue weighted by molar-refractivity contribution is 5.94. The lowest BCUT2D eigenvalue weighted by molar-refractivity contribution is 0.0733. The zero-order valence-electron chi connectivity index (χ0n) is 17.5. The van der Waals surface area contributed by atoms with Gasteiger partial charge in [0.05, 0.1) is 24.7 Å². The largest absolute Gasteiger partial charge is 0.497 e. The molecule has 0 atom stereocenters. The maximum absolute atomic E-state index is 13.1. The van der Waals surface area contributed by atoms with E-state index in [1.54, 1.807) is 31.4 Å². The summed E-state index contributed by atoms with van der Waals surface area (Å²) >= 11 is 0. The molecule has 31 heavy (non-hydrogen) atoms. The number of aromatic amines is 1. The van der Waals surface area contributed by atoms with Crippen LogP contribution in [-0.2, 0) is 6.54 Å². The number of nitrogens with one attached hydrogen (secondary N) is 1. The Morgan fingerprint density at radius 2 is 1.84 bits per heavy atom. The number of aryl methyl sites for hydroxylation is 1. The van der Waals surface area contributed by atoms with E-state index in [9.17, 15) is 4.79 Å². The van der Waals surface area contributed by atoms with Crippen LogP contribution in [0.4, 0.5) is 0 Å². The van der Waals surface area contributed by atoms with E-state index in [2.05, 4.69) is 34.2 Å². The van der Waals surface area contributed by atoms with Crippen molar-refractivity contribution in [3.8, 4) is 22.6 Å². The molecular formula is C25H23N3O3. The molecule has 2 heterocycles. The fourth-order valence-corrected chi connectivity index (χ4v) is 3.98. The molecule has 1 amide bonds. The van der Waals surface area contributed by atoms with Crippen LogP contribution in [-0.4, -0.2) is 41.0 Å². The first kappa shape index (κ1) is 19.2. The van der Waals surface area contributed by atoms with Crippen LogP contribution >= 0.6 is 0 Å². The summed E-state index contributed by atoms with van der Waals surface area (Å²) in [7, 11) is 1.61. The van der Waals surface area contributed by atoms with Gasteiger partial charge in [-0.1, -0.05) is 12.1 Å². The number of aromatic nitrogens is 2. The van der Waals surface area contributed by atoms with Crippen LogP contribution in [0.25, 0.3) is 22.2 Å². The molecule has 0 saturated heterocycles. The Balaban J connectivity index is 1.44. The number of amides is 1. The lowest BCUT2D eigenvalue weighted by atomic mass is 10.0. The summed E-state index contributed by atoms with van der Waals surface area (Å²) in [6.45, 7) is 3.45. The van der Waals surface area contributed by atoms with Gasteiger partial charge in [-0.2, -0.15) is 0 Å². The summed E-state index contributed by atoms with van der Waals surface area (Å²) < 4.78 is 11.1. The molecule has 0 unspecified atom stereocenters. The molecule has 0 radical (unpaired) electrons. The number of carbonyl (C=O) groups excluding carboxylic acids is 1. The van der Waals surface area contributed by atoms with Gasteiger partial charge < -0.3 is 19.4 Å². The molecule has 4 aromatic rings. The molecule has 5 rings (SSSR count). The molecule has 6 heteroatoms. The highest BCUT2D eigenvalue weighted by Crippen LogP contribution is 2.31. The van der Waals surface area contributed by atoms with E-state index in [1.807, 2.05) is 24.0 Å². The van der Waals surface area contributed by atoms with Gasteiger partial charge in [0.1, 0.15) is 23.9 Å². The van der Waals surface area contributed by atoms with Gasteiger partial charge in [0, 0.05) is 17.7 Å². The Morgan fingerprint density at radius 3 is 2.65 bits per heavy atom. The van der Waals surface area contributed by atoms with E-state index in [0.29, 0.717) is 25.3 Å². The average Bonchev–Trinajstić information content (AvgIpc) is 3.04. The number of carbonyl (C=O) groups is 1. The van der Waals surface area contributed by atoms with Crippen LogP contribution in [0, 0.1) is 6.92 Å². The fourth-order valence-electron chi connectivity index (χ4n) is 3.98. The monoisotopic (exact) mass is 413 g/mol. The Labute approximate surface area is 180 Å². The highest BCUT2D eigenvalue weighted by atomic mass is 16.5. The summed E-state index contributed by atoms with van der Waals surface area (Å²) in [6, 6.07) is 19.6. The summed E-state index contributed by atoms with van der Waals surface area (Å²) in [6.07, 6.45) is 0. The maximum atomic E-state index is 13.1. The van der Waals surface area contributed by atoms with Crippen LogP contribution in [0.15, 0.2) is 60.7 Å². The number of H-pyrrole nitrogens is 1. The first-order valence-corrected chi connectivity index (χ1v) is 10.3. The lowest BCUT2D eigenvalue weighted by Gasteiger charge is -2.20. The molecule has 156 valence electrons.